The molecule has 0 radical (unpaired) electrons. The lowest BCUT2D eigenvalue weighted by Crippen LogP contribution is -2.16. The summed E-state index contributed by atoms with van der Waals surface area (Å²) in [6.07, 6.45) is 0. The molecule has 2 aromatic rings. The summed E-state index contributed by atoms with van der Waals surface area (Å²) in [6, 6.07) is 6.37. The largest absolute Gasteiger partial charge is 0.398 e. The Kier molecular flexibility index (Phi) is 4.82. The molecule has 0 aliphatic rings. The van der Waals surface area contributed by atoms with Gasteiger partial charge in [-0.3, -0.25) is 4.72 Å². The van der Waals surface area contributed by atoms with E-state index in [4.69, 9.17) is 17.3 Å². The van der Waals surface area contributed by atoms with E-state index >= 15 is 0 Å². The van der Waals surface area contributed by atoms with Crippen LogP contribution < -0.4 is 10.5 Å². The summed E-state index contributed by atoms with van der Waals surface area (Å²) >= 11 is 12.2. The minimum atomic E-state index is -4.02. The van der Waals surface area contributed by atoms with Gasteiger partial charge in [-0.05, 0) is 46.3 Å². The van der Waals surface area contributed by atoms with E-state index in [1.54, 1.807) is 0 Å². The number of rotatable bonds is 3. The number of nitrogens with one attached hydrogen (secondary N) is 1. The Bertz CT molecular complexity index is 792. The predicted octanol–water partition coefficient (Wildman–Crippen LogP) is 4.39. The molecule has 0 saturated carbocycles. The molecule has 0 aliphatic carbocycles. The number of anilines is 2. The zero-order valence-electron chi connectivity index (χ0n) is 10.2. The normalized spacial score (nSPS) is 11.4. The summed E-state index contributed by atoms with van der Waals surface area (Å²) in [7, 11) is -4.02. The van der Waals surface area contributed by atoms with Gasteiger partial charge in [-0.15, -0.1) is 0 Å². The van der Waals surface area contributed by atoms with Crippen molar-refractivity contribution in [2.45, 2.75) is 4.90 Å². The van der Waals surface area contributed by atoms with Crippen LogP contribution in [0, 0.1) is 5.82 Å². The molecule has 0 amide bonds. The van der Waals surface area contributed by atoms with Crippen LogP contribution in [0.3, 0.4) is 0 Å². The van der Waals surface area contributed by atoms with Crippen molar-refractivity contribution < 1.29 is 12.8 Å². The fraction of sp³-hybridized carbons (Fsp3) is 0. The molecule has 2 aromatic carbocycles. The van der Waals surface area contributed by atoms with Gasteiger partial charge in [0, 0.05) is 8.95 Å². The molecule has 9 heteroatoms. The van der Waals surface area contributed by atoms with E-state index in [1.807, 2.05) is 0 Å². The van der Waals surface area contributed by atoms with Crippen molar-refractivity contribution in [3.63, 3.8) is 0 Å². The van der Waals surface area contributed by atoms with E-state index in [0.29, 0.717) is 4.47 Å². The number of hydrogen-bond acceptors (Lipinski definition) is 3. The lowest BCUT2D eigenvalue weighted by molar-refractivity contribution is 0.601. The van der Waals surface area contributed by atoms with E-state index in [9.17, 15) is 12.8 Å². The third kappa shape index (κ3) is 3.68. The number of hydrogen-bond donors (Lipinski definition) is 2. The first-order valence-corrected chi connectivity index (χ1v) is 8.88. The van der Waals surface area contributed by atoms with Crippen molar-refractivity contribution >= 4 is 64.9 Å². The molecule has 4 nitrogen and oxygen atoms in total. The second-order valence-corrected chi connectivity index (χ2v) is 7.83. The van der Waals surface area contributed by atoms with Crippen molar-refractivity contribution in [2.24, 2.45) is 0 Å². The average Bonchev–Trinajstić information content (AvgIpc) is 2.31. The Morgan fingerprint density at radius 1 is 1.19 bits per heavy atom. The van der Waals surface area contributed by atoms with Gasteiger partial charge in [-0.2, -0.15) is 0 Å². The van der Waals surface area contributed by atoms with Gasteiger partial charge in [-0.1, -0.05) is 27.5 Å². The molecule has 0 aliphatic heterocycles. The minimum Gasteiger partial charge on any atom is -0.398 e. The van der Waals surface area contributed by atoms with Crippen molar-refractivity contribution in [2.75, 3.05) is 10.5 Å². The molecular weight excluding hydrogens is 450 g/mol. The van der Waals surface area contributed by atoms with Crippen molar-refractivity contribution in [1.29, 1.82) is 0 Å². The number of nitrogens with two attached hydrogens (primary N) is 1. The highest BCUT2D eigenvalue weighted by Crippen LogP contribution is 2.34. The van der Waals surface area contributed by atoms with Crippen LogP contribution in [0.5, 0.6) is 0 Å². The number of benzene rings is 2. The minimum absolute atomic E-state index is 0.0382. The summed E-state index contributed by atoms with van der Waals surface area (Å²) in [5, 5.41) is 0.0757. The Morgan fingerprint density at radius 2 is 1.86 bits per heavy atom. The molecule has 2 rings (SSSR count). The predicted molar refractivity (Wildman–Crippen MR) is 88.5 cm³/mol. The lowest BCUT2D eigenvalue weighted by Gasteiger charge is -2.13. The van der Waals surface area contributed by atoms with Crippen molar-refractivity contribution in [3.05, 3.63) is 50.1 Å². The molecule has 0 atom stereocenters. The van der Waals surface area contributed by atoms with Gasteiger partial charge in [0.25, 0.3) is 10.0 Å². The summed E-state index contributed by atoms with van der Waals surface area (Å²) in [4.78, 5) is -0.147. The lowest BCUT2D eigenvalue weighted by atomic mass is 10.3. The van der Waals surface area contributed by atoms with Crippen LogP contribution in [-0.2, 0) is 10.0 Å². The number of halogens is 4. The number of nitrogen functional groups attached to an aromatic ring is 1. The molecule has 112 valence electrons. The third-order valence-corrected chi connectivity index (χ3v) is 5.64. The van der Waals surface area contributed by atoms with E-state index in [-0.39, 0.29) is 25.8 Å². The van der Waals surface area contributed by atoms with Crippen LogP contribution in [0.4, 0.5) is 15.8 Å². The van der Waals surface area contributed by atoms with Crippen LogP contribution in [0.2, 0.25) is 5.02 Å². The summed E-state index contributed by atoms with van der Waals surface area (Å²) in [5.41, 5.74) is 5.72. The molecule has 0 bridgehead atoms. The smallest absolute Gasteiger partial charge is 0.265 e. The Balaban J connectivity index is 2.51. The zero-order valence-corrected chi connectivity index (χ0v) is 14.9. The molecule has 21 heavy (non-hydrogen) atoms. The van der Waals surface area contributed by atoms with Crippen LogP contribution in [0.25, 0.3) is 0 Å². The van der Waals surface area contributed by atoms with Crippen LogP contribution in [0.1, 0.15) is 0 Å². The fourth-order valence-electron chi connectivity index (χ4n) is 1.64. The van der Waals surface area contributed by atoms with Gasteiger partial charge in [0.2, 0.25) is 0 Å². The highest BCUT2D eigenvalue weighted by molar-refractivity contribution is 9.11. The monoisotopic (exact) mass is 456 g/mol. The average molecular weight is 459 g/mol. The second-order valence-electron chi connectivity index (χ2n) is 4.04. The molecule has 0 fully saturated rings. The quantitative estimate of drug-likeness (QED) is 0.671. The Hall–Kier alpha value is -0.830. The maximum Gasteiger partial charge on any atom is 0.265 e. The third-order valence-electron chi connectivity index (χ3n) is 2.48. The van der Waals surface area contributed by atoms with E-state index in [0.717, 1.165) is 12.1 Å². The van der Waals surface area contributed by atoms with Gasteiger partial charge in [0.15, 0.2) is 0 Å². The SMILES string of the molecule is Nc1cc(Br)cc(Br)c1S(=O)(=O)Nc1cc(F)ccc1Cl. The summed E-state index contributed by atoms with van der Waals surface area (Å²) in [5.74, 6) is -0.611. The maximum atomic E-state index is 13.2. The van der Waals surface area contributed by atoms with E-state index < -0.39 is 15.8 Å². The van der Waals surface area contributed by atoms with Gasteiger partial charge in [0.05, 0.1) is 16.4 Å². The van der Waals surface area contributed by atoms with Gasteiger partial charge in [0.1, 0.15) is 10.7 Å². The first kappa shape index (κ1) is 16.5. The van der Waals surface area contributed by atoms with Crippen LogP contribution in [0.15, 0.2) is 44.2 Å². The Labute approximate surface area is 142 Å². The maximum absolute atomic E-state index is 13.2. The molecule has 0 heterocycles. The summed E-state index contributed by atoms with van der Waals surface area (Å²) < 4.78 is 41.1. The van der Waals surface area contributed by atoms with Gasteiger partial charge in [-0.25, -0.2) is 12.8 Å². The standard InChI is InChI=1S/C12H8Br2ClFN2O2S/c13-6-3-8(14)12(10(17)4-6)21(19,20)18-11-5-7(16)1-2-9(11)15/h1-5,18H,17H2. The van der Waals surface area contributed by atoms with Crippen molar-refractivity contribution in [3.8, 4) is 0 Å². The first-order chi connectivity index (χ1) is 9.70. The molecule has 0 aromatic heterocycles. The van der Waals surface area contributed by atoms with Crippen molar-refractivity contribution in [1.82, 2.24) is 0 Å². The van der Waals surface area contributed by atoms with E-state index in [1.165, 1.54) is 18.2 Å². The fourth-order valence-corrected chi connectivity index (χ4v) is 5.00. The molecular formula is C12H8Br2ClFN2O2S. The topological polar surface area (TPSA) is 72.2 Å². The molecule has 0 unspecified atom stereocenters. The first-order valence-electron chi connectivity index (χ1n) is 5.43. The molecule has 0 spiro atoms. The molecule has 3 N–H and O–H groups in total. The molecule has 0 saturated heterocycles. The number of sulfonamides is 1. The van der Waals surface area contributed by atoms with Gasteiger partial charge >= 0.3 is 0 Å². The van der Waals surface area contributed by atoms with Gasteiger partial charge < -0.3 is 5.73 Å². The highest BCUT2D eigenvalue weighted by Gasteiger charge is 2.23. The van der Waals surface area contributed by atoms with Crippen LogP contribution in [-0.4, -0.2) is 8.42 Å². The van der Waals surface area contributed by atoms with E-state index in [2.05, 4.69) is 36.6 Å². The zero-order chi connectivity index (χ0) is 15.8. The van der Waals surface area contributed by atoms with Crippen LogP contribution >= 0.6 is 43.5 Å². The highest BCUT2D eigenvalue weighted by atomic mass is 79.9. The Morgan fingerprint density at radius 3 is 2.48 bits per heavy atom. The summed E-state index contributed by atoms with van der Waals surface area (Å²) in [6.45, 7) is 0. The second kappa shape index (κ2) is 6.12.